The lowest BCUT2D eigenvalue weighted by atomic mass is 10.2. The molecule has 1 aliphatic heterocycles. The van der Waals surface area contributed by atoms with Crippen LogP contribution in [0.4, 0.5) is 11.4 Å². The molecular formula is C12H12N2S. The van der Waals surface area contributed by atoms with Crippen molar-refractivity contribution in [2.24, 2.45) is 0 Å². The summed E-state index contributed by atoms with van der Waals surface area (Å²) in [6, 6.07) is 16.8. The smallest absolute Gasteiger partial charge is 0.0526 e. The summed E-state index contributed by atoms with van der Waals surface area (Å²) in [6.07, 6.45) is 0. The third-order valence-electron chi connectivity index (χ3n) is 2.26. The first kappa shape index (κ1) is 10.1. The van der Waals surface area contributed by atoms with E-state index in [1.165, 1.54) is 21.2 Å². The number of rotatable bonds is 0. The van der Waals surface area contributed by atoms with Crippen LogP contribution in [0.1, 0.15) is 0 Å². The maximum atomic E-state index is 3.42. The Hall–Kier alpha value is -1.45. The summed E-state index contributed by atoms with van der Waals surface area (Å²) in [5, 5.41) is 3.42. The van der Waals surface area contributed by atoms with Crippen LogP contribution in [0.3, 0.4) is 0 Å². The highest BCUT2D eigenvalue weighted by molar-refractivity contribution is 7.99. The van der Waals surface area contributed by atoms with Crippen LogP contribution in [0.15, 0.2) is 58.3 Å². The van der Waals surface area contributed by atoms with Gasteiger partial charge in [-0.15, -0.1) is 0 Å². The molecular weight excluding hydrogens is 204 g/mol. The molecule has 3 heteroatoms. The molecule has 4 N–H and O–H groups in total. The van der Waals surface area contributed by atoms with E-state index in [1.54, 1.807) is 0 Å². The minimum atomic E-state index is 0. The third kappa shape index (κ3) is 1.71. The van der Waals surface area contributed by atoms with Crippen molar-refractivity contribution in [3.05, 3.63) is 48.5 Å². The van der Waals surface area contributed by atoms with E-state index in [0.717, 1.165) is 0 Å². The molecule has 0 atom stereocenters. The van der Waals surface area contributed by atoms with Crippen molar-refractivity contribution < 1.29 is 0 Å². The first-order chi connectivity index (χ1) is 6.93. The number of anilines is 2. The van der Waals surface area contributed by atoms with Gasteiger partial charge in [0, 0.05) is 9.79 Å². The van der Waals surface area contributed by atoms with Crippen molar-refractivity contribution in [1.82, 2.24) is 6.15 Å². The first-order valence-corrected chi connectivity index (χ1v) is 5.38. The monoisotopic (exact) mass is 216 g/mol. The molecule has 0 amide bonds. The van der Waals surface area contributed by atoms with E-state index in [4.69, 9.17) is 0 Å². The highest BCUT2D eigenvalue weighted by Gasteiger charge is 2.13. The van der Waals surface area contributed by atoms with Crippen molar-refractivity contribution >= 4 is 23.1 Å². The second-order valence-corrected chi connectivity index (χ2v) is 4.30. The highest BCUT2D eigenvalue weighted by Crippen LogP contribution is 2.43. The van der Waals surface area contributed by atoms with Crippen molar-refractivity contribution in [3.63, 3.8) is 0 Å². The molecule has 0 aliphatic carbocycles. The Morgan fingerprint density at radius 2 is 1.20 bits per heavy atom. The van der Waals surface area contributed by atoms with Gasteiger partial charge in [-0.05, 0) is 24.3 Å². The van der Waals surface area contributed by atoms with E-state index in [-0.39, 0.29) is 6.15 Å². The van der Waals surface area contributed by atoms with Crippen LogP contribution in [-0.2, 0) is 0 Å². The third-order valence-corrected chi connectivity index (χ3v) is 3.42. The number of hydrogen-bond acceptors (Lipinski definition) is 3. The number of para-hydroxylation sites is 2. The number of benzene rings is 2. The molecule has 1 heterocycles. The van der Waals surface area contributed by atoms with Gasteiger partial charge < -0.3 is 11.5 Å². The van der Waals surface area contributed by atoms with Crippen molar-refractivity contribution in [2.75, 3.05) is 5.32 Å². The largest absolute Gasteiger partial charge is 0.354 e. The summed E-state index contributed by atoms with van der Waals surface area (Å²) in [4.78, 5) is 2.59. The molecule has 3 rings (SSSR count). The Labute approximate surface area is 93.3 Å². The summed E-state index contributed by atoms with van der Waals surface area (Å²) >= 11 is 1.82. The molecule has 76 valence electrons. The van der Waals surface area contributed by atoms with Crippen molar-refractivity contribution in [2.45, 2.75) is 9.79 Å². The second kappa shape index (κ2) is 3.96. The van der Waals surface area contributed by atoms with Gasteiger partial charge in [0.1, 0.15) is 0 Å². The topological polar surface area (TPSA) is 47.0 Å². The van der Waals surface area contributed by atoms with Gasteiger partial charge in [-0.2, -0.15) is 0 Å². The fraction of sp³-hybridized carbons (Fsp3) is 0. The summed E-state index contributed by atoms with van der Waals surface area (Å²) in [5.74, 6) is 0. The zero-order chi connectivity index (χ0) is 9.38. The van der Waals surface area contributed by atoms with Gasteiger partial charge in [0.15, 0.2) is 0 Å². The average molecular weight is 216 g/mol. The molecule has 15 heavy (non-hydrogen) atoms. The van der Waals surface area contributed by atoms with Crippen LogP contribution in [0.25, 0.3) is 0 Å². The van der Waals surface area contributed by atoms with Gasteiger partial charge in [0.25, 0.3) is 0 Å². The number of hydrogen-bond donors (Lipinski definition) is 2. The Morgan fingerprint density at radius 3 is 1.73 bits per heavy atom. The molecule has 2 nitrogen and oxygen atoms in total. The summed E-state index contributed by atoms with van der Waals surface area (Å²) in [6.45, 7) is 0. The minimum Gasteiger partial charge on any atom is -0.354 e. The van der Waals surface area contributed by atoms with Crippen LogP contribution in [0.2, 0.25) is 0 Å². The maximum absolute atomic E-state index is 3.42. The van der Waals surface area contributed by atoms with Gasteiger partial charge in [-0.25, -0.2) is 0 Å². The Balaban J connectivity index is 0.000000853. The second-order valence-electron chi connectivity index (χ2n) is 3.22. The Bertz CT molecular complexity index is 395. The minimum absolute atomic E-state index is 0. The molecule has 1 aliphatic rings. The van der Waals surface area contributed by atoms with E-state index in [1.807, 2.05) is 11.8 Å². The predicted octanol–water partition coefficient (Wildman–Crippen LogP) is 4.06. The average Bonchev–Trinajstić information content (AvgIpc) is 2.26. The van der Waals surface area contributed by atoms with Crippen molar-refractivity contribution in [3.8, 4) is 0 Å². The normalized spacial score (nSPS) is 11.7. The molecule has 0 bridgehead atoms. The molecule has 2 aromatic rings. The molecule has 0 radical (unpaired) electrons. The molecule has 0 fully saturated rings. The van der Waals surface area contributed by atoms with Gasteiger partial charge in [0.2, 0.25) is 0 Å². The Kier molecular flexibility index (Phi) is 2.66. The molecule has 0 aromatic heterocycles. The summed E-state index contributed by atoms with van der Waals surface area (Å²) in [5.41, 5.74) is 2.41. The standard InChI is InChI=1S/C12H9NS.H3N/c1-3-7-11-9(5-1)13-10-6-2-4-8-12(10)14-11;/h1-8,13H;1H3. The zero-order valence-electron chi connectivity index (χ0n) is 8.23. The fourth-order valence-electron chi connectivity index (χ4n) is 1.58. The van der Waals surface area contributed by atoms with Crippen LogP contribution < -0.4 is 11.5 Å². The van der Waals surface area contributed by atoms with Gasteiger partial charge in [-0.3, -0.25) is 0 Å². The van der Waals surface area contributed by atoms with Crippen LogP contribution in [0, 0.1) is 0 Å². The summed E-state index contributed by atoms with van der Waals surface area (Å²) in [7, 11) is 0. The lowest BCUT2D eigenvalue weighted by Crippen LogP contribution is -1.98. The van der Waals surface area contributed by atoms with E-state index in [0.29, 0.717) is 0 Å². The molecule has 0 spiro atoms. The van der Waals surface area contributed by atoms with E-state index in [9.17, 15) is 0 Å². The van der Waals surface area contributed by atoms with Crippen molar-refractivity contribution in [1.29, 1.82) is 0 Å². The molecule has 0 unspecified atom stereocenters. The van der Waals surface area contributed by atoms with Crippen LogP contribution in [0.5, 0.6) is 0 Å². The fourth-order valence-corrected chi connectivity index (χ4v) is 2.57. The van der Waals surface area contributed by atoms with E-state index < -0.39 is 0 Å². The number of nitrogens with one attached hydrogen (secondary N) is 1. The quantitative estimate of drug-likeness (QED) is 0.595. The molecule has 2 aromatic carbocycles. The van der Waals surface area contributed by atoms with Gasteiger partial charge in [-0.1, -0.05) is 36.0 Å². The van der Waals surface area contributed by atoms with Crippen LogP contribution in [-0.4, -0.2) is 0 Å². The summed E-state index contributed by atoms with van der Waals surface area (Å²) < 4.78 is 0. The van der Waals surface area contributed by atoms with E-state index in [2.05, 4.69) is 53.8 Å². The number of fused-ring (bicyclic) bond motifs is 2. The molecule has 0 saturated heterocycles. The first-order valence-electron chi connectivity index (χ1n) is 4.56. The van der Waals surface area contributed by atoms with Gasteiger partial charge in [0.05, 0.1) is 11.4 Å². The Morgan fingerprint density at radius 1 is 0.733 bits per heavy atom. The van der Waals surface area contributed by atoms with E-state index >= 15 is 0 Å². The SMILES string of the molecule is N.c1ccc2c(c1)Nc1ccccc1S2. The lowest BCUT2D eigenvalue weighted by Gasteiger charge is -2.19. The van der Waals surface area contributed by atoms with Crippen LogP contribution >= 0.6 is 11.8 Å². The predicted molar refractivity (Wildman–Crippen MR) is 65.3 cm³/mol. The van der Waals surface area contributed by atoms with Gasteiger partial charge >= 0.3 is 0 Å². The maximum Gasteiger partial charge on any atom is 0.0526 e. The lowest BCUT2D eigenvalue weighted by molar-refractivity contribution is 1.32. The highest BCUT2D eigenvalue weighted by atomic mass is 32.2. The molecule has 0 saturated carbocycles. The zero-order valence-corrected chi connectivity index (χ0v) is 9.05.